The van der Waals surface area contributed by atoms with Gasteiger partial charge in [0.25, 0.3) is 0 Å². The molecular formula is C18H37NOS. The van der Waals surface area contributed by atoms with E-state index in [9.17, 15) is 0 Å². The number of unbranched alkanes of at least 4 members (excludes halogenated alkanes) is 1. The van der Waals surface area contributed by atoms with Crippen LogP contribution in [0.15, 0.2) is 0 Å². The van der Waals surface area contributed by atoms with Gasteiger partial charge in [0.1, 0.15) is 0 Å². The van der Waals surface area contributed by atoms with Crippen molar-refractivity contribution < 1.29 is 4.74 Å². The van der Waals surface area contributed by atoms with Crippen molar-refractivity contribution in [1.29, 1.82) is 0 Å². The molecule has 0 spiro atoms. The van der Waals surface area contributed by atoms with E-state index in [0.717, 1.165) is 19.1 Å². The van der Waals surface area contributed by atoms with E-state index in [1.165, 1.54) is 69.4 Å². The lowest BCUT2D eigenvalue weighted by molar-refractivity contribution is 0.128. The largest absolute Gasteiger partial charge is 0.383 e. The van der Waals surface area contributed by atoms with E-state index >= 15 is 0 Å². The van der Waals surface area contributed by atoms with Gasteiger partial charge in [-0.15, -0.1) is 0 Å². The monoisotopic (exact) mass is 315 g/mol. The topological polar surface area (TPSA) is 21.3 Å². The fourth-order valence-electron chi connectivity index (χ4n) is 3.55. The first-order valence-corrected chi connectivity index (χ1v) is 10.2. The zero-order chi connectivity index (χ0) is 15.4. The first-order valence-electron chi connectivity index (χ1n) is 9.03. The van der Waals surface area contributed by atoms with Crippen molar-refractivity contribution in [2.24, 2.45) is 11.3 Å². The summed E-state index contributed by atoms with van der Waals surface area (Å²) < 4.78 is 5.16. The lowest BCUT2D eigenvalue weighted by Crippen LogP contribution is -2.39. The standard InChI is InChI=1S/C18H37NOS/c1-4-6-7-17-8-10-18(11-9-17,12-15-21-5-2)16-19-13-14-20-3/h17,19H,4-16H2,1-3H3. The third kappa shape index (κ3) is 7.90. The van der Waals surface area contributed by atoms with Crippen molar-refractivity contribution in [2.45, 2.75) is 65.2 Å². The first-order chi connectivity index (χ1) is 10.3. The fourth-order valence-corrected chi connectivity index (χ4v) is 4.41. The minimum absolute atomic E-state index is 0.568. The molecule has 3 heteroatoms. The first kappa shape index (κ1) is 19.3. The van der Waals surface area contributed by atoms with Crippen LogP contribution in [-0.2, 0) is 4.74 Å². The molecule has 0 aromatic rings. The maximum atomic E-state index is 5.16. The zero-order valence-electron chi connectivity index (χ0n) is 14.6. The van der Waals surface area contributed by atoms with Crippen LogP contribution in [0.1, 0.15) is 65.2 Å². The lowest BCUT2D eigenvalue weighted by atomic mass is 9.68. The number of hydrogen-bond acceptors (Lipinski definition) is 3. The summed E-state index contributed by atoms with van der Waals surface area (Å²) in [5.41, 5.74) is 0.568. The molecule has 0 amide bonds. The van der Waals surface area contributed by atoms with Crippen molar-refractivity contribution in [3.05, 3.63) is 0 Å². The SMILES string of the molecule is CCCCC1CCC(CCSCC)(CNCCOC)CC1. The molecular weight excluding hydrogens is 278 g/mol. The van der Waals surface area contributed by atoms with Crippen molar-refractivity contribution in [1.82, 2.24) is 5.32 Å². The Kier molecular flexibility index (Phi) is 10.8. The van der Waals surface area contributed by atoms with Crippen LogP contribution in [-0.4, -0.2) is 38.3 Å². The quantitative estimate of drug-likeness (QED) is 0.526. The molecule has 1 fully saturated rings. The van der Waals surface area contributed by atoms with Gasteiger partial charge in [0.15, 0.2) is 0 Å². The highest BCUT2D eigenvalue weighted by Gasteiger charge is 2.34. The summed E-state index contributed by atoms with van der Waals surface area (Å²) in [7, 11) is 1.79. The Morgan fingerprint density at radius 3 is 2.62 bits per heavy atom. The highest BCUT2D eigenvalue weighted by atomic mass is 32.2. The molecule has 0 radical (unpaired) electrons. The third-order valence-electron chi connectivity index (χ3n) is 5.10. The number of methoxy groups -OCH3 is 1. The van der Waals surface area contributed by atoms with Crippen LogP contribution in [0, 0.1) is 11.3 Å². The summed E-state index contributed by atoms with van der Waals surface area (Å²) in [5.74, 6) is 3.60. The van der Waals surface area contributed by atoms with Gasteiger partial charge in [-0.25, -0.2) is 0 Å². The highest BCUT2D eigenvalue weighted by molar-refractivity contribution is 7.99. The smallest absolute Gasteiger partial charge is 0.0587 e. The molecule has 0 heterocycles. The maximum absolute atomic E-state index is 5.16. The molecule has 21 heavy (non-hydrogen) atoms. The summed E-state index contributed by atoms with van der Waals surface area (Å²) in [6.45, 7) is 7.61. The van der Waals surface area contributed by atoms with E-state index in [2.05, 4.69) is 30.9 Å². The van der Waals surface area contributed by atoms with E-state index in [0.29, 0.717) is 5.41 Å². The second-order valence-corrected chi connectivity index (χ2v) is 8.10. The van der Waals surface area contributed by atoms with Crippen LogP contribution in [0.3, 0.4) is 0 Å². The predicted molar refractivity (Wildman–Crippen MR) is 96.3 cm³/mol. The fraction of sp³-hybridized carbons (Fsp3) is 1.00. The van der Waals surface area contributed by atoms with Gasteiger partial charge >= 0.3 is 0 Å². The van der Waals surface area contributed by atoms with Gasteiger partial charge < -0.3 is 10.1 Å². The molecule has 0 aromatic heterocycles. The van der Waals surface area contributed by atoms with E-state index in [1.54, 1.807) is 7.11 Å². The summed E-state index contributed by atoms with van der Waals surface area (Å²) in [5, 5.41) is 3.65. The molecule has 0 aliphatic heterocycles. The Labute approximate surface area is 137 Å². The Hall–Kier alpha value is 0.270. The summed E-state index contributed by atoms with van der Waals surface area (Å²) in [4.78, 5) is 0. The van der Waals surface area contributed by atoms with Crippen LogP contribution >= 0.6 is 11.8 Å². The molecule has 2 nitrogen and oxygen atoms in total. The molecule has 0 atom stereocenters. The Balaban J connectivity index is 2.38. The summed E-state index contributed by atoms with van der Waals surface area (Å²) >= 11 is 2.11. The number of hydrogen-bond donors (Lipinski definition) is 1. The Morgan fingerprint density at radius 1 is 1.24 bits per heavy atom. The van der Waals surface area contributed by atoms with Gasteiger partial charge in [0.2, 0.25) is 0 Å². The van der Waals surface area contributed by atoms with E-state index in [4.69, 9.17) is 4.74 Å². The molecule has 1 rings (SSSR count). The van der Waals surface area contributed by atoms with Crippen molar-refractivity contribution in [3.8, 4) is 0 Å². The van der Waals surface area contributed by atoms with Gasteiger partial charge in [-0.2, -0.15) is 11.8 Å². The van der Waals surface area contributed by atoms with E-state index in [1.807, 2.05) is 0 Å². The van der Waals surface area contributed by atoms with Gasteiger partial charge in [0, 0.05) is 20.2 Å². The Morgan fingerprint density at radius 2 is 2.00 bits per heavy atom. The van der Waals surface area contributed by atoms with Crippen LogP contribution in [0.4, 0.5) is 0 Å². The number of nitrogens with one attached hydrogen (secondary N) is 1. The molecule has 1 aliphatic rings. The van der Waals surface area contributed by atoms with Gasteiger partial charge in [-0.1, -0.05) is 33.1 Å². The van der Waals surface area contributed by atoms with Crippen LogP contribution < -0.4 is 5.32 Å². The maximum Gasteiger partial charge on any atom is 0.0587 e. The summed E-state index contributed by atoms with van der Waals surface area (Å²) in [6, 6.07) is 0. The van der Waals surface area contributed by atoms with Crippen molar-refractivity contribution in [2.75, 3.05) is 38.3 Å². The molecule has 1 aliphatic carbocycles. The number of thioether (sulfide) groups is 1. The number of ether oxygens (including phenoxy) is 1. The predicted octanol–water partition coefficient (Wildman–Crippen LogP) is 4.73. The highest BCUT2D eigenvalue weighted by Crippen LogP contribution is 2.43. The lowest BCUT2D eigenvalue weighted by Gasteiger charge is -2.41. The minimum Gasteiger partial charge on any atom is -0.383 e. The van der Waals surface area contributed by atoms with Gasteiger partial charge in [-0.3, -0.25) is 0 Å². The Bertz CT molecular complexity index is 239. The molecule has 0 unspecified atom stereocenters. The van der Waals surface area contributed by atoms with Crippen molar-refractivity contribution >= 4 is 11.8 Å². The van der Waals surface area contributed by atoms with E-state index in [-0.39, 0.29) is 0 Å². The summed E-state index contributed by atoms with van der Waals surface area (Å²) in [6.07, 6.45) is 11.4. The molecule has 0 saturated heterocycles. The van der Waals surface area contributed by atoms with Crippen LogP contribution in [0.5, 0.6) is 0 Å². The molecule has 126 valence electrons. The average molecular weight is 316 g/mol. The van der Waals surface area contributed by atoms with Crippen molar-refractivity contribution in [3.63, 3.8) is 0 Å². The molecule has 0 bridgehead atoms. The average Bonchev–Trinajstić information content (AvgIpc) is 2.51. The normalized spacial score (nSPS) is 26.1. The molecule has 1 N–H and O–H groups in total. The van der Waals surface area contributed by atoms with Gasteiger partial charge in [-0.05, 0) is 54.9 Å². The minimum atomic E-state index is 0.568. The van der Waals surface area contributed by atoms with Crippen LogP contribution in [0.2, 0.25) is 0 Å². The van der Waals surface area contributed by atoms with Gasteiger partial charge in [0.05, 0.1) is 6.61 Å². The second-order valence-electron chi connectivity index (χ2n) is 6.70. The second kappa shape index (κ2) is 11.8. The number of rotatable bonds is 12. The molecule has 1 saturated carbocycles. The molecule has 0 aromatic carbocycles. The third-order valence-corrected chi connectivity index (χ3v) is 6.00. The zero-order valence-corrected chi connectivity index (χ0v) is 15.4. The van der Waals surface area contributed by atoms with Crippen LogP contribution in [0.25, 0.3) is 0 Å². The van der Waals surface area contributed by atoms with E-state index < -0.39 is 0 Å².